The van der Waals surface area contributed by atoms with Gasteiger partial charge >= 0.3 is 0 Å². The van der Waals surface area contributed by atoms with Crippen molar-refractivity contribution in [2.45, 2.75) is 54.4 Å². The number of hydrogen-bond acceptors (Lipinski definition) is 1. The van der Waals surface area contributed by atoms with Gasteiger partial charge in [-0.15, -0.1) is 0 Å². The summed E-state index contributed by atoms with van der Waals surface area (Å²) in [5.41, 5.74) is 3.03. The molecule has 1 aliphatic heterocycles. The molecule has 1 rings (SSSR count). The molecule has 80 valence electrons. The average Bonchev–Trinajstić information content (AvgIpc) is 2.20. The molecule has 0 saturated heterocycles. The first kappa shape index (κ1) is 15.0. The van der Waals surface area contributed by atoms with Gasteiger partial charge in [0.1, 0.15) is 0 Å². The van der Waals surface area contributed by atoms with Crippen LogP contribution < -0.4 is 0 Å². The summed E-state index contributed by atoms with van der Waals surface area (Å²) in [5.74, 6) is 0. The van der Waals surface area contributed by atoms with Crippen molar-refractivity contribution in [3.63, 3.8) is 0 Å². The van der Waals surface area contributed by atoms with Crippen LogP contribution in [0.3, 0.4) is 0 Å². The van der Waals surface area contributed by atoms with Crippen LogP contribution in [-0.4, -0.2) is 18.5 Å². The summed E-state index contributed by atoms with van der Waals surface area (Å²) in [4.78, 5) is 2.33. The van der Waals surface area contributed by atoms with Gasteiger partial charge in [-0.1, -0.05) is 33.3 Å². The van der Waals surface area contributed by atoms with Gasteiger partial charge in [-0.05, 0) is 26.7 Å². The molecule has 0 amide bonds. The molecule has 0 bridgehead atoms. The van der Waals surface area contributed by atoms with E-state index >= 15 is 0 Å². The molecule has 1 aliphatic rings. The van der Waals surface area contributed by atoms with Crippen LogP contribution in [-0.2, 0) is 0 Å². The van der Waals surface area contributed by atoms with Crippen molar-refractivity contribution in [1.29, 1.82) is 0 Å². The van der Waals surface area contributed by atoms with Crippen molar-refractivity contribution in [2.24, 2.45) is 0 Å². The molecule has 0 fully saturated rings. The van der Waals surface area contributed by atoms with Gasteiger partial charge in [0, 0.05) is 19.3 Å². The van der Waals surface area contributed by atoms with Crippen LogP contribution in [0.2, 0.25) is 0 Å². The maximum Gasteiger partial charge on any atom is 0.0174 e. The number of rotatable bonds is 0. The van der Waals surface area contributed by atoms with E-state index in [1.165, 1.54) is 25.1 Å². The maximum atomic E-state index is 2.33. The molecule has 0 aromatic carbocycles. The van der Waals surface area contributed by atoms with Crippen molar-refractivity contribution in [3.05, 3.63) is 11.3 Å². The third kappa shape index (κ3) is 5.73. The fourth-order valence-corrected chi connectivity index (χ4v) is 1.26. The Balaban J connectivity index is 0. The molecule has 0 aromatic rings. The van der Waals surface area contributed by atoms with E-state index in [9.17, 15) is 0 Å². The second-order valence-corrected chi connectivity index (χ2v) is 2.89. The van der Waals surface area contributed by atoms with Crippen molar-refractivity contribution in [2.75, 3.05) is 13.6 Å². The SMILES string of the molecule is CC.CC.CC1=C(C)N(C)CCC1. The van der Waals surface area contributed by atoms with Crippen molar-refractivity contribution < 1.29 is 0 Å². The van der Waals surface area contributed by atoms with E-state index in [4.69, 9.17) is 0 Å². The summed E-state index contributed by atoms with van der Waals surface area (Å²) in [6.45, 7) is 13.7. The monoisotopic (exact) mass is 185 g/mol. The first-order chi connectivity index (χ1) is 6.22. The minimum Gasteiger partial charge on any atom is -0.378 e. The number of nitrogens with zero attached hydrogens (tertiary/aromatic N) is 1. The minimum atomic E-state index is 1.24. The molecule has 0 unspecified atom stereocenters. The third-order valence-corrected chi connectivity index (χ3v) is 2.24. The molecule has 0 spiro atoms. The zero-order valence-corrected chi connectivity index (χ0v) is 10.6. The van der Waals surface area contributed by atoms with Crippen LogP contribution >= 0.6 is 0 Å². The Bertz CT molecular complexity index is 136. The lowest BCUT2D eigenvalue weighted by Crippen LogP contribution is -2.22. The van der Waals surface area contributed by atoms with Crippen LogP contribution in [0.4, 0.5) is 0 Å². The molecule has 13 heavy (non-hydrogen) atoms. The van der Waals surface area contributed by atoms with Gasteiger partial charge in [0.2, 0.25) is 0 Å². The maximum absolute atomic E-state index is 2.33. The summed E-state index contributed by atoms with van der Waals surface area (Å²) in [5, 5.41) is 0. The predicted octanol–water partition coefficient (Wildman–Crippen LogP) is 4.06. The molecule has 0 aromatic heterocycles. The Morgan fingerprint density at radius 3 is 1.77 bits per heavy atom. The molecule has 0 radical (unpaired) electrons. The predicted molar refractivity (Wildman–Crippen MR) is 62.9 cm³/mol. The molecular formula is C12H27N. The Morgan fingerprint density at radius 1 is 1.00 bits per heavy atom. The Hall–Kier alpha value is -0.460. The minimum absolute atomic E-state index is 1.24. The normalized spacial score (nSPS) is 15.5. The fraction of sp³-hybridized carbons (Fsp3) is 0.833. The van der Waals surface area contributed by atoms with Crippen molar-refractivity contribution in [1.82, 2.24) is 4.90 Å². The summed E-state index contributed by atoms with van der Waals surface area (Å²) >= 11 is 0. The Morgan fingerprint density at radius 2 is 1.46 bits per heavy atom. The summed E-state index contributed by atoms with van der Waals surface area (Å²) in [7, 11) is 2.16. The van der Waals surface area contributed by atoms with Crippen LogP contribution in [0.1, 0.15) is 54.4 Å². The number of allylic oxidation sites excluding steroid dienone is 2. The highest BCUT2D eigenvalue weighted by atomic mass is 15.1. The van der Waals surface area contributed by atoms with Gasteiger partial charge < -0.3 is 4.90 Å². The van der Waals surface area contributed by atoms with E-state index < -0.39 is 0 Å². The quantitative estimate of drug-likeness (QED) is 0.550. The Kier molecular flexibility index (Phi) is 11.1. The summed E-state index contributed by atoms with van der Waals surface area (Å²) in [6, 6.07) is 0. The second kappa shape index (κ2) is 9.63. The van der Waals surface area contributed by atoms with Gasteiger partial charge in [0.25, 0.3) is 0 Å². The third-order valence-electron chi connectivity index (χ3n) is 2.24. The zero-order valence-electron chi connectivity index (χ0n) is 10.6. The van der Waals surface area contributed by atoms with Gasteiger partial charge in [-0.2, -0.15) is 0 Å². The van der Waals surface area contributed by atoms with Gasteiger partial charge in [0.05, 0.1) is 0 Å². The molecule has 0 saturated carbocycles. The van der Waals surface area contributed by atoms with Gasteiger partial charge in [-0.25, -0.2) is 0 Å². The number of hydrogen-bond donors (Lipinski definition) is 0. The van der Waals surface area contributed by atoms with Crippen LogP contribution in [0, 0.1) is 0 Å². The standard InChI is InChI=1S/C8H15N.2C2H6/c1-7-5-4-6-9(3)8(7)2;2*1-2/h4-6H2,1-3H3;2*1-2H3. The molecule has 1 heteroatoms. The van der Waals surface area contributed by atoms with Gasteiger partial charge in [0.15, 0.2) is 0 Å². The second-order valence-electron chi connectivity index (χ2n) is 2.89. The first-order valence-corrected chi connectivity index (χ1v) is 5.59. The highest BCUT2D eigenvalue weighted by molar-refractivity contribution is 5.10. The zero-order chi connectivity index (χ0) is 10.9. The molecule has 0 aliphatic carbocycles. The summed E-state index contributed by atoms with van der Waals surface area (Å²) in [6.07, 6.45) is 2.63. The van der Waals surface area contributed by atoms with E-state index in [2.05, 4.69) is 25.8 Å². The van der Waals surface area contributed by atoms with Crippen molar-refractivity contribution in [3.8, 4) is 0 Å². The van der Waals surface area contributed by atoms with E-state index in [1.54, 1.807) is 5.57 Å². The highest BCUT2D eigenvalue weighted by Gasteiger charge is 2.08. The smallest absolute Gasteiger partial charge is 0.0174 e. The van der Waals surface area contributed by atoms with Crippen molar-refractivity contribution >= 4 is 0 Å². The molecular weight excluding hydrogens is 158 g/mol. The van der Waals surface area contributed by atoms with E-state index in [1.807, 2.05) is 27.7 Å². The molecule has 0 N–H and O–H groups in total. The highest BCUT2D eigenvalue weighted by Crippen LogP contribution is 2.18. The summed E-state index contributed by atoms with van der Waals surface area (Å²) < 4.78 is 0. The molecule has 0 atom stereocenters. The van der Waals surface area contributed by atoms with E-state index in [0.29, 0.717) is 0 Å². The lowest BCUT2D eigenvalue weighted by molar-refractivity contribution is 0.379. The average molecular weight is 185 g/mol. The molecule has 1 nitrogen and oxygen atoms in total. The largest absolute Gasteiger partial charge is 0.378 e. The Labute approximate surface area is 84.8 Å². The molecule has 1 heterocycles. The lowest BCUT2D eigenvalue weighted by Gasteiger charge is -2.26. The lowest BCUT2D eigenvalue weighted by atomic mass is 10.1. The fourth-order valence-electron chi connectivity index (χ4n) is 1.26. The van der Waals surface area contributed by atoms with E-state index in [-0.39, 0.29) is 0 Å². The van der Waals surface area contributed by atoms with Crippen LogP contribution in [0.5, 0.6) is 0 Å². The first-order valence-electron chi connectivity index (χ1n) is 5.59. The van der Waals surface area contributed by atoms with Crippen LogP contribution in [0.15, 0.2) is 11.3 Å². The van der Waals surface area contributed by atoms with Gasteiger partial charge in [-0.3, -0.25) is 0 Å². The van der Waals surface area contributed by atoms with Crippen LogP contribution in [0.25, 0.3) is 0 Å². The topological polar surface area (TPSA) is 3.24 Å². The van der Waals surface area contributed by atoms with E-state index in [0.717, 1.165) is 0 Å².